The van der Waals surface area contributed by atoms with Crippen LogP contribution in [0, 0.1) is 6.92 Å². The SMILES string of the molecule is Cc1cccc(C=C(C(=O)N2CCOCC2)c2cccs2)c1. The first kappa shape index (κ1) is 15.0. The number of amides is 1. The molecule has 3 nitrogen and oxygen atoms in total. The quantitative estimate of drug-likeness (QED) is 0.812. The van der Waals surface area contributed by atoms with Gasteiger partial charge in [0.05, 0.1) is 18.8 Å². The van der Waals surface area contributed by atoms with E-state index in [1.165, 1.54) is 5.56 Å². The molecule has 2 heterocycles. The fourth-order valence-electron chi connectivity index (χ4n) is 2.53. The molecular formula is C18H19NO2S. The van der Waals surface area contributed by atoms with Gasteiger partial charge in [0.15, 0.2) is 0 Å². The van der Waals surface area contributed by atoms with Crippen molar-refractivity contribution in [2.75, 3.05) is 26.3 Å². The fourth-order valence-corrected chi connectivity index (χ4v) is 3.27. The van der Waals surface area contributed by atoms with Crippen molar-refractivity contribution < 1.29 is 9.53 Å². The molecular weight excluding hydrogens is 294 g/mol. The number of rotatable bonds is 3. The highest BCUT2D eigenvalue weighted by Gasteiger charge is 2.22. The summed E-state index contributed by atoms with van der Waals surface area (Å²) >= 11 is 1.60. The van der Waals surface area contributed by atoms with E-state index in [0.717, 1.165) is 16.0 Å². The van der Waals surface area contributed by atoms with Gasteiger partial charge in [-0.2, -0.15) is 0 Å². The molecule has 3 rings (SSSR count). The molecule has 1 aromatic carbocycles. The molecule has 1 amide bonds. The third kappa shape index (κ3) is 3.46. The zero-order chi connectivity index (χ0) is 15.4. The highest BCUT2D eigenvalue weighted by atomic mass is 32.1. The Bertz CT molecular complexity index is 670. The van der Waals surface area contributed by atoms with Crippen LogP contribution in [0.2, 0.25) is 0 Å². The largest absolute Gasteiger partial charge is 0.378 e. The van der Waals surface area contributed by atoms with Crippen LogP contribution in [-0.2, 0) is 9.53 Å². The Labute approximate surface area is 134 Å². The molecule has 1 aliphatic rings. The Hall–Kier alpha value is -1.91. The number of morpholine rings is 1. The van der Waals surface area contributed by atoms with E-state index >= 15 is 0 Å². The van der Waals surface area contributed by atoms with Crippen molar-refractivity contribution in [2.24, 2.45) is 0 Å². The second kappa shape index (κ2) is 6.90. The smallest absolute Gasteiger partial charge is 0.255 e. The summed E-state index contributed by atoms with van der Waals surface area (Å²) in [6.45, 7) is 4.62. The summed E-state index contributed by atoms with van der Waals surface area (Å²) in [7, 11) is 0. The summed E-state index contributed by atoms with van der Waals surface area (Å²) in [5, 5.41) is 2.01. The molecule has 1 aromatic heterocycles. The predicted molar refractivity (Wildman–Crippen MR) is 90.8 cm³/mol. The van der Waals surface area contributed by atoms with Gasteiger partial charge in [0.25, 0.3) is 5.91 Å². The number of ether oxygens (including phenoxy) is 1. The van der Waals surface area contributed by atoms with Crippen LogP contribution in [0.4, 0.5) is 0 Å². The molecule has 0 unspecified atom stereocenters. The average molecular weight is 313 g/mol. The van der Waals surface area contributed by atoms with Gasteiger partial charge in [0, 0.05) is 18.0 Å². The highest BCUT2D eigenvalue weighted by Crippen LogP contribution is 2.25. The number of carbonyl (C=O) groups excluding carboxylic acids is 1. The maximum atomic E-state index is 12.9. The van der Waals surface area contributed by atoms with Gasteiger partial charge in [0.2, 0.25) is 0 Å². The third-order valence-electron chi connectivity index (χ3n) is 3.67. The molecule has 0 bridgehead atoms. The van der Waals surface area contributed by atoms with E-state index in [-0.39, 0.29) is 5.91 Å². The molecule has 0 radical (unpaired) electrons. The van der Waals surface area contributed by atoms with E-state index in [2.05, 4.69) is 19.1 Å². The van der Waals surface area contributed by atoms with Crippen LogP contribution in [0.3, 0.4) is 0 Å². The number of thiophene rings is 1. The molecule has 1 aliphatic heterocycles. The maximum absolute atomic E-state index is 12.9. The van der Waals surface area contributed by atoms with E-state index in [9.17, 15) is 4.79 Å². The van der Waals surface area contributed by atoms with Crippen molar-refractivity contribution in [2.45, 2.75) is 6.92 Å². The van der Waals surface area contributed by atoms with Gasteiger partial charge in [-0.1, -0.05) is 35.9 Å². The Balaban J connectivity index is 1.95. The molecule has 1 fully saturated rings. The Morgan fingerprint density at radius 3 is 2.73 bits per heavy atom. The maximum Gasteiger partial charge on any atom is 0.255 e. The minimum Gasteiger partial charge on any atom is -0.378 e. The monoisotopic (exact) mass is 313 g/mol. The lowest BCUT2D eigenvalue weighted by atomic mass is 10.1. The second-order valence-corrected chi connectivity index (χ2v) is 6.30. The number of nitrogens with zero attached hydrogens (tertiary/aromatic N) is 1. The molecule has 0 saturated carbocycles. The van der Waals surface area contributed by atoms with Crippen molar-refractivity contribution in [3.63, 3.8) is 0 Å². The van der Waals surface area contributed by atoms with Gasteiger partial charge in [-0.3, -0.25) is 4.79 Å². The normalized spacial score (nSPS) is 15.9. The highest BCUT2D eigenvalue weighted by molar-refractivity contribution is 7.11. The first-order valence-electron chi connectivity index (χ1n) is 7.43. The average Bonchev–Trinajstić information content (AvgIpc) is 3.07. The third-order valence-corrected chi connectivity index (χ3v) is 4.57. The Morgan fingerprint density at radius 1 is 1.23 bits per heavy atom. The number of hydrogen-bond acceptors (Lipinski definition) is 3. The summed E-state index contributed by atoms with van der Waals surface area (Å²) < 4.78 is 5.34. The number of carbonyl (C=O) groups is 1. The minimum atomic E-state index is 0.0901. The lowest BCUT2D eigenvalue weighted by Gasteiger charge is -2.27. The predicted octanol–water partition coefficient (Wildman–Crippen LogP) is 3.46. The van der Waals surface area contributed by atoms with Crippen LogP contribution in [-0.4, -0.2) is 37.1 Å². The van der Waals surface area contributed by atoms with Crippen molar-refractivity contribution >= 4 is 28.9 Å². The van der Waals surface area contributed by atoms with Gasteiger partial charge in [0.1, 0.15) is 0 Å². The first-order chi connectivity index (χ1) is 10.7. The van der Waals surface area contributed by atoms with Gasteiger partial charge >= 0.3 is 0 Å². The van der Waals surface area contributed by atoms with Crippen molar-refractivity contribution in [3.05, 3.63) is 57.8 Å². The van der Waals surface area contributed by atoms with E-state index in [0.29, 0.717) is 26.3 Å². The van der Waals surface area contributed by atoms with Crippen LogP contribution < -0.4 is 0 Å². The van der Waals surface area contributed by atoms with E-state index in [4.69, 9.17) is 4.74 Å². The standard InChI is InChI=1S/C18H19NO2S/c1-14-4-2-5-15(12-14)13-16(17-6-3-11-22-17)18(20)19-7-9-21-10-8-19/h2-6,11-13H,7-10H2,1H3. The van der Waals surface area contributed by atoms with Crippen molar-refractivity contribution in [1.29, 1.82) is 0 Å². The van der Waals surface area contributed by atoms with Crippen LogP contribution in [0.1, 0.15) is 16.0 Å². The summed E-state index contributed by atoms with van der Waals surface area (Å²) in [5.74, 6) is 0.0901. The topological polar surface area (TPSA) is 29.5 Å². The van der Waals surface area contributed by atoms with Gasteiger partial charge < -0.3 is 9.64 Å². The first-order valence-corrected chi connectivity index (χ1v) is 8.31. The van der Waals surface area contributed by atoms with E-state index < -0.39 is 0 Å². The molecule has 2 aromatic rings. The summed E-state index contributed by atoms with van der Waals surface area (Å²) in [6.07, 6.45) is 2.00. The minimum absolute atomic E-state index is 0.0901. The van der Waals surface area contributed by atoms with Crippen molar-refractivity contribution in [3.8, 4) is 0 Å². The van der Waals surface area contributed by atoms with Crippen LogP contribution in [0.25, 0.3) is 11.6 Å². The second-order valence-electron chi connectivity index (χ2n) is 5.35. The summed E-state index contributed by atoms with van der Waals surface area (Å²) in [4.78, 5) is 15.8. The lowest BCUT2D eigenvalue weighted by Crippen LogP contribution is -2.41. The fraction of sp³-hybridized carbons (Fsp3) is 0.278. The number of benzene rings is 1. The van der Waals surface area contributed by atoms with Gasteiger partial charge in [-0.15, -0.1) is 11.3 Å². The van der Waals surface area contributed by atoms with Crippen molar-refractivity contribution in [1.82, 2.24) is 4.90 Å². The summed E-state index contributed by atoms with van der Waals surface area (Å²) in [6, 6.07) is 12.2. The Kier molecular flexibility index (Phi) is 4.71. The van der Waals surface area contributed by atoms with Crippen LogP contribution in [0.15, 0.2) is 41.8 Å². The molecule has 1 saturated heterocycles. The van der Waals surface area contributed by atoms with Gasteiger partial charge in [-0.05, 0) is 30.0 Å². The molecule has 0 aliphatic carbocycles. The molecule has 4 heteroatoms. The Morgan fingerprint density at radius 2 is 2.05 bits per heavy atom. The number of aryl methyl sites for hydroxylation is 1. The van der Waals surface area contributed by atoms with Crippen LogP contribution >= 0.6 is 11.3 Å². The lowest BCUT2D eigenvalue weighted by molar-refractivity contribution is -0.128. The molecule has 114 valence electrons. The molecule has 22 heavy (non-hydrogen) atoms. The van der Waals surface area contributed by atoms with Crippen LogP contribution in [0.5, 0.6) is 0 Å². The summed E-state index contributed by atoms with van der Waals surface area (Å²) in [5.41, 5.74) is 3.02. The van der Waals surface area contributed by atoms with E-state index in [1.807, 2.05) is 40.6 Å². The number of hydrogen-bond donors (Lipinski definition) is 0. The molecule has 0 N–H and O–H groups in total. The zero-order valence-corrected chi connectivity index (χ0v) is 13.4. The van der Waals surface area contributed by atoms with Gasteiger partial charge in [-0.25, -0.2) is 0 Å². The molecule has 0 atom stereocenters. The molecule has 0 spiro atoms. The van der Waals surface area contributed by atoms with E-state index in [1.54, 1.807) is 11.3 Å². The zero-order valence-electron chi connectivity index (χ0n) is 12.6.